The third kappa shape index (κ3) is 3.53. The third-order valence-electron chi connectivity index (χ3n) is 2.74. The van der Waals surface area contributed by atoms with Gasteiger partial charge in [-0.05, 0) is 51.2 Å². The Morgan fingerprint density at radius 3 is 2.69 bits per heavy atom. The molecule has 2 rings (SSSR count). The summed E-state index contributed by atoms with van der Waals surface area (Å²) in [6.07, 6.45) is 2.39. The normalized spacial score (nSPS) is 17.9. The number of aryl methyl sites for hydroxylation is 1. The first kappa shape index (κ1) is 13.0. The lowest BCUT2D eigenvalue weighted by Gasteiger charge is -2.26. The van der Waals surface area contributed by atoms with Crippen molar-refractivity contribution in [3.8, 4) is 0 Å². The summed E-state index contributed by atoms with van der Waals surface area (Å²) >= 11 is 8.95. The smallest absolute Gasteiger partial charge is 0.0594 e. The van der Waals surface area contributed by atoms with Crippen LogP contribution in [0.3, 0.4) is 0 Å². The Kier molecular flexibility index (Phi) is 5.29. The highest BCUT2D eigenvalue weighted by Gasteiger charge is 2.11. The summed E-state index contributed by atoms with van der Waals surface area (Å²) in [5.74, 6) is 0. The fraction of sp³-hybridized carbons (Fsp3) is 0.636. The fourth-order valence-corrected chi connectivity index (χ4v) is 4.05. The summed E-state index contributed by atoms with van der Waals surface area (Å²) in [5.41, 5.74) is 0. The average Bonchev–Trinajstić information content (AvgIpc) is 2.62. The van der Waals surface area contributed by atoms with Gasteiger partial charge in [0.15, 0.2) is 0 Å². The molecule has 2 heterocycles. The monoisotopic (exact) mass is 367 g/mol. The van der Waals surface area contributed by atoms with E-state index in [0.717, 1.165) is 32.7 Å². The lowest BCUT2D eigenvalue weighted by atomic mass is 10.2. The quantitative estimate of drug-likeness (QED) is 0.805. The van der Waals surface area contributed by atoms with Crippen LogP contribution in [0.4, 0.5) is 0 Å². The number of halogens is 2. The van der Waals surface area contributed by atoms with Gasteiger partial charge in [0.1, 0.15) is 0 Å². The van der Waals surface area contributed by atoms with Crippen molar-refractivity contribution in [1.82, 2.24) is 4.90 Å². The molecule has 0 spiro atoms. The molecule has 1 aliphatic rings. The molecule has 5 heteroatoms. The van der Waals surface area contributed by atoms with Gasteiger partial charge in [-0.1, -0.05) is 0 Å². The van der Waals surface area contributed by atoms with Crippen molar-refractivity contribution < 1.29 is 4.74 Å². The van der Waals surface area contributed by atoms with Crippen molar-refractivity contribution in [2.45, 2.75) is 12.8 Å². The average molecular weight is 369 g/mol. The zero-order chi connectivity index (χ0) is 11.4. The van der Waals surface area contributed by atoms with Crippen LogP contribution in [-0.2, 0) is 11.2 Å². The van der Waals surface area contributed by atoms with E-state index in [1.165, 1.54) is 26.8 Å². The van der Waals surface area contributed by atoms with Gasteiger partial charge in [-0.3, -0.25) is 4.90 Å². The number of thiophene rings is 1. The second-order valence-corrected chi connectivity index (χ2v) is 6.49. The van der Waals surface area contributed by atoms with Crippen LogP contribution in [0.25, 0.3) is 0 Å². The number of ether oxygens (including phenoxy) is 1. The summed E-state index contributed by atoms with van der Waals surface area (Å²) in [7, 11) is 0. The first-order valence-electron chi connectivity index (χ1n) is 5.49. The Morgan fingerprint density at radius 2 is 2.06 bits per heavy atom. The Labute approximate surface area is 117 Å². The van der Waals surface area contributed by atoms with E-state index in [9.17, 15) is 0 Å². The van der Waals surface area contributed by atoms with Gasteiger partial charge in [-0.2, -0.15) is 0 Å². The van der Waals surface area contributed by atoms with Crippen LogP contribution in [0.15, 0.2) is 14.3 Å². The predicted molar refractivity (Wildman–Crippen MR) is 75.3 cm³/mol. The predicted octanol–water partition coefficient (Wildman–Crippen LogP) is 3.54. The van der Waals surface area contributed by atoms with E-state index >= 15 is 0 Å². The van der Waals surface area contributed by atoms with Gasteiger partial charge >= 0.3 is 0 Å². The highest BCUT2D eigenvalue weighted by atomic mass is 79.9. The van der Waals surface area contributed by atoms with Crippen LogP contribution in [0.1, 0.15) is 11.3 Å². The molecule has 0 saturated carbocycles. The van der Waals surface area contributed by atoms with Crippen molar-refractivity contribution in [3.05, 3.63) is 19.2 Å². The van der Waals surface area contributed by atoms with E-state index < -0.39 is 0 Å². The van der Waals surface area contributed by atoms with E-state index in [1.807, 2.05) is 11.3 Å². The molecule has 90 valence electrons. The van der Waals surface area contributed by atoms with Crippen molar-refractivity contribution in [2.75, 3.05) is 32.8 Å². The van der Waals surface area contributed by atoms with E-state index in [1.54, 1.807) is 0 Å². The molecule has 0 unspecified atom stereocenters. The lowest BCUT2D eigenvalue weighted by Crippen LogP contribution is -2.36. The number of hydrogen-bond donors (Lipinski definition) is 0. The molecule has 1 aliphatic heterocycles. The van der Waals surface area contributed by atoms with Gasteiger partial charge in [0.2, 0.25) is 0 Å². The lowest BCUT2D eigenvalue weighted by molar-refractivity contribution is 0.0375. The Hall–Kier alpha value is 0.580. The Balaban J connectivity index is 1.73. The molecule has 16 heavy (non-hydrogen) atoms. The fourth-order valence-electron chi connectivity index (χ4n) is 1.82. The summed E-state index contributed by atoms with van der Waals surface area (Å²) in [6.45, 7) is 5.17. The van der Waals surface area contributed by atoms with Crippen LogP contribution in [-0.4, -0.2) is 37.7 Å². The van der Waals surface area contributed by atoms with Crippen molar-refractivity contribution in [1.29, 1.82) is 0 Å². The summed E-state index contributed by atoms with van der Waals surface area (Å²) in [5, 5.41) is 2.15. The zero-order valence-corrected chi connectivity index (χ0v) is 13.0. The van der Waals surface area contributed by atoms with Crippen LogP contribution < -0.4 is 0 Å². The number of nitrogens with zero attached hydrogens (tertiary/aromatic N) is 1. The summed E-state index contributed by atoms with van der Waals surface area (Å²) in [6, 6.07) is 0. The molecule has 0 bridgehead atoms. The molecule has 0 atom stereocenters. The molecule has 1 aromatic rings. The number of rotatable bonds is 4. The van der Waals surface area contributed by atoms with Gasteiger partial charge in [-0.25, -0.2) is 0 Å². The van der Waals surface area contributed by atoms with Crippen LogP contribution in [0.5, 0.6) is 0 Å². The first-order chi connectivity index (χ1) is 7.77. The van der Waals surface area contributed by atoms with E-state index in [0.29, 0.717) is 0 Å². The van der Waals surface area contributed by atoms with Gasteiger partial charge in [0.25, 0.3) is 0 Å². The van der Waals surface area contributed by atoms with Crippen molar-refractivity contribution in [3.63, 3.8) is 0 Å². The standard InChI is InChI=1S/C11H15Br2NOS/c12-9-8-16-10(11(9)13)2-1-3-14-4-6-15-7-5-14/h8H,1-7H2. The minimum atomic E-state index is 0.897. The topological polar surface area (TPSA) is 12.5 Å². The number of hydrogen-bond acceptors (Lipinski definition) is 3. The molecule has 1 saturated heterocycles. The SMILES string of the molecule is Brc1csc(CCCN2CCOCC2)c1Br. The largest absolute Gasteiger partial charge is 0.379 e. The minimum Gasteiger partial charge on any atom is -0.379 e. The number of morpholine rings is 1. The first-order valence-corrected chi connectivity index (χ1v) is 7.95. The molecular weight excluding hydrogens is 354 g/mol. The molecule has 0 aliphatic carbocycles. The molecule has 1 aromatic heterocycles. The zero-order valence-electron chi connectivity index (χ0n) is 9.05. The van der Waals surface area contributed by atoms with Crippen LogP contribution in [0.2, 0.25) is 0 Å². The summed E-state index contributed by atoms with van der Waals surface area (Å²) < 4.78 is 7.75. The minimum absolute atomic E-state index is 0.897. The maximum atomic E-state index is 5.33. The third-order valence-corrected chi connectivity index (χ3v) is 6.42. The Morgan fingerprint density at radius 1 is 1.31 bits per heavy atom. The molecule has 0 amide bonds. The van der Waals surface area contributed by atoms with Crippen molar-refractivity contribution in [2.24, 2.45) is 0 Å². The molecule has 2 nitrogen and oxygen atoms in total. The van der Waals surface area contributed by atoms with E-state index in [4.69, 9.17) is 4.74 Å². The van der Waals surface area contributed by atoms with Gasteiger partial charge in [0.05, 0.1) is 13.2 Å². The molecule has 0 N–H and O–H groups in total. The highest BCUT2D eigenvalue weighted by Crippen LogP contribution is 2.33. The van der Waals surface area contributed by atoms with Crippen LogP contribution in [0, 0.1) is 0 Å². The second kappa shape index (κ2) is 6.50. The highest BCUT2D eigenvalue weighted by molar-refractivity contribution is 9.13. The van der Waals surface area contributed by atoms with E-state index in [-0.39, 0.29) is 0 Å². The van der Waals surface area contributed by atoms with Gasteiger partial charge in [-0.15, -0.1) is 11.3 Å². The van der Waals surface area contributed by atoms with Gasteiger partial charge in [0, 0.05) is 32.3 Å². The maximum absolute atomic E-state index is 5.33. The Bertz CT molecular complexity index is 337. The van der Waals surface area contributed by atoms with Crippen LogP contribution >= 0.6 is 43.2 Å². The second-order valence-electron chi connectivity index (χ2n) is 3.88. The molecule has 1 fully saturated rings. The maximum Gasteiger partial charge on any atom is 0.0594 e. The molecular formula is C11H15Br2NOS. The molecule has 0 radical (unpaired) electrons. The summed E-state index contributed by atoms with van der Waals surface area (Å²) in [4.78, 5) is 3.93. The van der Waals surface area contributed by atoms with Crippen molar-refractivity contribution >= 4 is 43.2 Å². The van der Waals surface area contributed by atoms with Gasteiger partial charge < -0.3 is 4.74 Å². The molecule has 0 aromatic carbocycles. The van der Waals surface area contributed by atoms with E-state index in [2.05, 4.69) is 42.1 Å².